The number of aromatic nitrogens is 1. The average molecular weight is 454 g/mol. The van der Waals surface area contributed by atoms with Gasteiger partial charge in [0.05, 0.1) is 6.61 Å². The Balaban J connectivity index is 1.78. The van der Waals surface area contributed by atoms with Gasteiger partial charge in [0.2, 0.25) is 0 Å². The molecule has 2 amide bonds. The Kier molecular flexibility index (Phi) is 6.74. The topological polar surface area (TPSA) is 156 Å². The van der Waals surface area contributed by atoms with Crippen LogP contribution in [0.2, 0.25) is 0 Å². The Labute approximate surface area is 179 Å². The molecule has 0 saturated carbocycles. The summed E-state index contributed by atoms with van der Waals surface area (Å²) in [4.78, 5) is 47.1. The third kappa shape index (κ3) is 4.17. The van der Waals surface area contributed by atoms with Gasteiger partial charge in [-0.3, -0.25) is 14.5 Å². The number of nitrogens with zero attached hydrogens (tertiary/aromatic N) is 3. The molecule has 0 radical (unpaired) electrons. The molecule has 0 bridgehead atoms. The summed E-state index contributed by atoms with van der Waals surface area (Å²) in [5, 5.41) is 17.1. The summed E-state index contributed by atoms with van der Waals surface area (Å²) in [6.45, 7) is 0.319. The van der Waals surface area contributed by atoms with Gasteiger partial charge in [0, 0.05) is 18.2 Å². The van der Waals surface area contributed by atoms with Crippen LogP contribution in [0.15, 0.2) is 34.0 Å². The molecule has 3 rings (SSSR count). The first-order valence-electron chi connectivity index (χ1n) is 8.59. The molecular formula is C17H19N5O6S2. The molecule has 3 heterocycles. The van der Waals surface area contributed by atoms with Gasteiger partial charge in [-0.25, -0.2) is 9.78 Å². The highest BCUT2D eigenvalue weighted by Gasteiger charge is 2.54. The van der Waals surface area contributed by atoms with Gasteiger partial charge in [-0.15, -0.1) is 23.1 Å². The van der Waals surface area contributed by atoms with Gasteiger partial charge in [-0.2, -0.15) is 0 Å². The maximum absolute atomic E-state index is 12.7. The number of thioether (sulfide) groups is 1. The molecule has 0 aliphatic carbocycles. The molecule has 160 valence electrons. The van der Waals surface area contributed by atoms with Crippen LogP contribution in [0.1, 0.15) is 5.69 Å². The van der Waals surface area contributed by atoms with Crippen LogP contribution in [0, 0.1) is 0 Å². The number of thiazole rings is 1. The fourth-order valence-electron chi connectivity index (χ4n) is 2.96. The third-order valence-electron chi connectivity index (χ3n) is 4.23. The van der Waals surface area contributed by atoms with Crippen molar-refractivity contribution in [2.75, 3.05) is 32.3 Å². The van der Waals surface area contributed by atoms with Gasteiger partial charge in [-0.05, 0) is 5.57 Å². The maximum Gasteiger partial charge on any atom is 0.352 e. The normalized spacial score (nSPS) is 21.5. The number of carboxylic acids is 1. The van der Waals surface area contributed by atoms with E-state index in [9.17, 15) is 19.5 Å². The Bertz CT molecular complexity index is 956. The van der Waals surface area contributed by atoms with Crippen molar-refractivity contribution < 1.29 is 29.1 Å². The summed E-state index contributed by atoms with van der Waals surface area (Å²) >= 11 is 2.48. The molecule has 1 aromatic heterocycles. The lowest BCUT2D eigenvalue weighted by molar-refractivity contribution is -0.150. The maximum atomic E-state index is 12.7. The zero-order valence-electron chi connectivity index (χ0n) is 16.0. The lowest BCUT2D eigenvalue weighted by atomic mass is 10.0. The number of anilines is 1. The van der Waals surface area contributed by atoms with Gasteiger partial charge in [0.1, 0.15) is 29.9 Å². The van der Waals surface area contributed by atoms with Gasteiger partial charge in [-0.1, -0.05) is 17.3 Å². The predicted molar refractivity (Wildman–Crippen MR) is 111 cm³/mol. The Morgan fingerprint density at radius 2 is 2.27 bits per heavy atom. The molecule has 1 saturated heterocycles. The summed E-state index contributed by atoms with van der Waals surface area (Å²) < 4.78 is 4.93. The van der Waals surface area contributed by atoms with Crippen molar-refractivity contribution in [2.24, 2.45) is 5.16 Å². The van der Waals surface area contributed by atoms with Crippen LogP contribution in [0.3, 0.4) is 0 Å². The molecule has 2 aliphatic heterocycles. The SMILES string of the molecule is COC/C=C\C1=C(C(=O)O)N2C(=O)C(NC(=O)/C(=N/OC)c3csc(N)n3)[C@H]2SC1. The van der Waals surface area contributed by atoms with E-state index in [1.54, 1.807) is 17.5 Å². The number of carbonyl (C=O) groups is 3. The second-order valence-corrected chi connectivity index (χ2v) is 8.09. The van der Waals surface area contributed by atoms with E-state index in [1.807, 2.05) is 0 Å². The summed E-state index contributed by atoms with van der Waals surface area (Å²) in [5.74, 6) is -2.04. The minimum absolute atomic E-state index is 0.0975. The highest BCUT2D eigenvalue weighted by molar-refractivity contribution is 8.00. The number of oxime groups is 1. The van der Waals surface area contributed by atoms with Crippen molar-refractivity contribution in [3.05, 3.63) is 34.5 Å². The van der Waals surface area contributed by atoms with Gasteiger partial charge in [0.15, 0.2) is 10.8 Å². The number of carbonyl (C=O) groups excluding carboxylic acids is 2. The van der Waals surface area contributed by atoms with E-state index >= 15 is 0 Å². The van der Waals surface area contributed by atoms with Crippen molar-refractivity contribution in [1.82, 2.24) is 15.2 Å². The zero-order chi connectivity index (χ0) is 21.8. The first-order valence-corrected chi connectivity index (χ1v) is 10.5. The van der Waals surface area contributed by atoms with E-state index in [0.29, 0.717) is 17.9 Å². The molecule has 2 atom stereocenters. The van der Waals surface area contributed by atoms with Crippen LogP contribution < -0.4 is 11.1 Å². The number of allylic oxidation sites excluding steroid dienone is 1. The quantitative estimate of drug-likeness (QED) is 0.280. The Morgan fingerprint density at radius 1 is 1.50 bits per heavy atom. The van der Waals surface area contributed by atoms with Crippen LogP contribution in [-0.2, 0) is 24.0 Å². The molecule has 11 nitrogen and oxygen atoms in total. The number of nitrogens with one attached hydrogen (secondary N) is 1. The molecule has 13 heteroatoms. The predicted octanol–water partition coefficient (Wildman–Crippen LogP) is 0.0170. The molecule has 1 unspecified atom stereocenters. The second kappa shape index (κ2) is 9.28. The minimum atomic E-state index is -1.21. The molecule has 1 aromatic rings. The van der Waals surface area contributed by atoms with E-state index in [4.69, 9.17) is 15.3 Å². The highest BCUT2D eigenvalue weighted by Crippen LogP contribution is 2.40. The van der Waals surface area contributed by atoms with E-state index in [1.165, 1.54) is 30.9 Å². The van der Waals surface area contributed by atoms with Crippen LogP contribution in [0.4, 0.5) is 5.13 Å². The van der Waals surface area contributed by atoms with Crippen molar-refractivity contribution in [3.63, 3.8) is 0 Å². The number of hydrogen-bond donors (Lipinski definition) is 3. The number of hydrogen-bond acceptors (Lipinski definition) is 10. The minimum Gasteiger partial charge on any atom is -0.477 e. The molecule has 1 fully saturated rings. The number of amides is 2. The first-order chi connectivity index (χ1) is 14.4. The molecule has 0 aromatic carbocycles. The number of nitrogen functional groups attached to an aromatic ring is 1. The van der Waals surface area contributed by atoms with E-state index in [-0.39, 0.29) is 22.2 Å². The summed E-state index contributed by atoms with van der Waals surface area (Å²) in [6, 6.07) is -0.903. The van der Waals surface area contributed by atoms with Gasteiger partial charge >= 0.3 is 5.97 Å². The molecule has 4 N–H and O–H groups in total. The Hall–Kier alpha value is -2.90. The molecule has 30 heavy (non-hydrogen) atoms. The number of carboxylic acid groups (broad SMARTS) is 1. The fraction of sp³-hybridized carbons (Fsp3) is 0.353. The fourth-order valence-corrected chi connectivity index (χ4v) is 4.83. The lowest BCUT2D eigenvalue weighted by Gasteiger charge is -2.49. The average Bonchev–Trinajstić information content (AvgIpc) is 3.15. The number of ether oxygens (including phenoxy) is 1. The molecular weight excluding hydrogens is 434 g/mol. The molecule has 2 aliphatic rings. The van der Waals surface area contributed by atoms with Crippen LogP contribution in [-0.4, -0.2) is 76.5 Å². The van der Waals surface area contributed by atoms with E-state index in [0.717, 1.165) is 11.3 Å². The van der Waals surface area contributed by atoms with Crippen molar-refractivity contribution in [3.8, 4) is 0 Å². The van der Waals surface area contributed by atoms with Crippen LogP contribution in [0.25, 0.3) is 0 Å². The number of fused-ring (bicyclic) bond motifs is 1. The number of rotatable bonds is 8. The van der Waals surface area contributed by atoms with Crippen LogP contribution in [0.5, 0.6) is 0 Å². The standard InChI is InChI=1S/C17H19N5O6S2/c1-27-5-3-4-8-6-29-15-11(14(24)22(15)12(8)16(25)26)20-13(23)10(21-28-2)9-7-30-17(18)19-9/h3-4,7,11,15H,5-6H2,1-2H3,(H2,18,19)(H,20,23)(H,25,26)/b4-3-,21-10+/t11?,15-/m1/s1. The number of nitrogens with two attached hydrogens (primary N) is 1. The lowest BCUT2D eigenvalue weighted by Crippen LogP contribution is -2.71. The van der Waals surface area contributed by atoms with E-state index < -0.39 is 29.2 Å². The summed E-state index contributed by atoms with van der Waals surface area (Å²) in [6.07, 6.45) is 3.31. The Morgan fingerprint density at radius 3 is 2.87 bits per heavy atom. The first kappa shape index (κ1) is 21.8. The monoisotopic (exact) mass is 453 g/mol. The largest absolute Gasteiger partial charge is 0.477 e. The number of β-lactam (4-membered cyclic amide) rings is 1. The van der Waals surface area contributed by atoms with Crippen molar-refractivity contribution >= 4 is 51.7 Å². The summed E-state index contributed by atoms with van der Waals surface area (Å²) in [7, 11) is 2.80. The smallest absolute Gasteiger partial charge is 0.352 e. The van der Waals surface area contributed by atoms with Crippen molar-refractivity contribution in [2.45, 2.75) is 11.4 Å². The van der Waals surface area contributed by atoms with E-state index in [2.05, 4.69) is 15.5 Å². The highest BCUT2D eigenvalue weighted by atomic mass is 32.2. The zero-order valence-corrected chi connectivity index (χ0v) is 17.7. The van der Waals surface area contributed by atoms with Crippen LogP contribution >= 0.6 is 23.1 Å². The number of aliphatic carboxylic acids is 1. The summed E-state index contributed by atoms with van der Waals surface area (Å²) in [5.41, 5.74) is 6.09. The molecule has 0 spiro atoms. The van der Waals surface area contributed by atoms with Gasteiger partial charge < -0.3 is 25.7 Å². The third-order valence-corrected chi connectivity index (χ3v) is 6.21. The number of methoxy groups -OCH3 is 1. The second-order valence-electron chi connectivity index (χ2n) is 6.09. The van der Waals surface area contributed by atoms with Gasteiger partial charge in [0.25, 0.3) is 11.8 Å². The van der Waals surface area contributed by atoms with Crippen molar-refractivity contribution in [1.29, 1.82) is 0 Å².